The maximum Gasteiger partial charge on any atom is 0.356 e. The van der Waals surface area contributed by atoms with Gasteiger partial charge >= 0.3 is 5.97 Å². The molecule has 122 valence electrons. The van der Waals surface area contributed by atoms with Crippen LogP contribution in [0, 0.1) is 6.92 Å². The first-order valence-electron chi connectivity index (χ1n) is 6.85. The van der Waals surface area contributed by atoms with Crippen LogP contribution in [0.5, 0.6) is 5.75 Å². The van der Waals surface area contributed by atoms with Gasteiger partial charge in [-0.3, -0.25) is 0 Å². The summed E-state index contributed by atoms with van der Waals surface area (Å²) in [6.07, 6.45) is 0.558. The zero-order valence-electron chi connectivity index (χ0n) is 12.7. The highest BCUT2D eigenvalue weighted by Gasteiger charge is 2.15. The number of benzene rings is 1. The highest BCUT2D eigenvalue weighted by Crippen LogP contribution is 2.34. The Morgan fingerprint density at radius 1 is 1.32 bits per heavy atom. The molecule has 0 amide bonds. The lowest BCUT2D eigenvalue weighted by atomic mass is 10.2. The molecule has 0 unspecified atom stereocenters. The second-order valence-corrected chi connectivity index (χ2v) is 6.72. The predicted molar refractivity (Wildman–Crippen MR) is 91.8 cm³/mol. The van der Waals surface area contributed by atoms with Gasteiger partial charge in [0.15, 0.2) is 5.71 Å². The quantitative estimate of drug-likeness (QED) is 0.225. The van der Waals surface area contributed by atoms with Gasteiger partial charge in [0.1, 0.15) is 5.75 Å². The fourth-order valence-corrected chi connectivity index (χ4v) is 3.36. The first-order chi connectivity index (χ1) is 10.3. The molecule has 0 bridgehead atoms. The highest BCUT2D eigenvalue weighted by atomic mass is 79.9. The van der Waals surface area contributed by atoms with E-state index < -0.39 is 5.97 Å². The minimum absolute atomic E-state index is 0.000613. The van der Waals surface area contributed by atoms with Gasteiger partial charge in [0.05, 0.1) is 21.7 Å². The van der Waals surface area contributed by atoms with E-state index in [4.69, 9.17) is 14.7 Å². The Labute approximate surface area is 146 Å². The van der Waals surface area contributed by atoms with Crippen LogP contribution < -0.4 is 4.74 Å². The van der Waals surface area contributed by atoms with E-state index in [9.17, 15) is 4.79 Å². The third-order valence-corrected chi connectivity index (χ3v) is 3.82. The minimum Gasteiger partial charge on any atom is -0.491 e. The zero-order valence-corrected chi connectivity index (χ0v) is 15.9. The van der Waals surface area contributed by atoms with Crippen molar-refractivity contribution in [2.24, 2.45) is 5.16 Å². The third kappa shape index (κ3) is 5.96. The van der Waals surface area contributed by atoms with Crippen LogP contribution in [0.2, 0.25) is 0 Å². The molecule has 0 heterocycles. The van der Waals surface area contributed by atoms with Crippen molar-refractivity contribution in [1.29, 1.82) is 0 Å². The number of hydrogen-bond donors (Lipinski definition) is 1. The Hall–Kier alpha value is -1.08. The van der Waals surface area contributed by atoms with Crippen molar-refractivity contribution in [1.82, 2.24) is 0 Å². The summed E-state index contributed by atoms with van der Waals surface area (Å²) in [6.45, 7) is 5.85. The Morgan fingerprint density at radius 2 is 1.91 bits per heavy atom. The van der Waals surface area contributed by atoms with Gasteiger partial charge in [-0.1, -0.05) is 5.16 Å². The average molecular weight is 437 g/mol. The van der Waals surface area contributed by atoms with Crippen LogP contribution in [0.25, 0.3) is 0 Å². The lowest BCUT2D eigenvalue weighted by molar-refractivity contribution is -0.139. The minimum atomic E-state index is -0.602. The monoisotopic (exact) mass is 435 g/mol. The van der Waals surface area contributed by atoms with E-state index in [2.05, 4.69) is 37.0 Å². The Balaban J connectivity index is 2.50. The van der Waals surface area contributed by atoms with E-state index in [1.54, 1.807) is 13.8 Å². The fraction of sp³-hybridized carbons (Fsp3) is 0.467. The van der Waals surface area contributed by atoms with E-state index >= 15 is 0 Å². The molecular weight excluding hydrogens is 418 g/mol. The van der Waals surface area contributed by atoms with E-state index in [1.807, 2.05) is 19.1 Å². The number of rotatable bonds is 7. The summed E-state index contributed by atoms with van der Waals surface area (Å²) in [6, 6.07) is 3.92. The predicted octanol–water partition coefficient (Wildman–Crippen LogP) is 4.46. The molecule has 0 saturated carbocycles. The molecule has 0 aliphatic heterocycles. The third-order valence-electron chi connectivity index (χ3n) is 2.65. The Morgan fingerprint density at radius 3 is 2.41 bits per heavy atom. The smallest absolute Gasteiger partial charge is 0.356 e. The van der Waals surface area contributed by atoms with E-state index in [-0.39, 0.29) is 18.2 Å². The van der Waals surface area contributed by atoms with Gasteiger partial charge in [0.2, 0.25) is 0 Å². The molecule has 7 heteroatoms. The van der Waals surface area contributed by atoms with Crippen LogP contribution in [-0.2, 0) is 9.53 Å². The first-order valence-corrected chi connectivity index (χ1v) is 8.44. The van der Waals surface area contributed by atoms with Gasteiger partial charge in [-0.05, 0) is 76.7 Å². The fourth-order valence-electron chi connectivity index (χ4n) is 1.71. The number of halogens is 2. The number of nitrogens with zero attached hydrogens (tertiary/aromatic N) is 1. The summed E-state index contributed by atoms with van der Waals surface area (Å²) in [7, 11) is 0. The van der Waals surface area contributed by atoms with Gasteiger partial charge in [0, 0.05) is 6.42 Å². The van der Waals surface area contributed by atoms with Gasteiger partial charge in [-0.15, -0.1) is 0 Å². The molecule has 1 aromatic rings. The molecular formula is C15H19Br2NO4. The van der Waals surface area contributed by atoms with E-state index in [0.717, 1.165) is 14.5 Å². The number of hydrogen-bond acceptors (Lipinski definition) is 5. The number of aryl methyl sites for hydroxylation is 1. The molecule has 0 saturated heterocycles. The maximum absolute atomic E-state index is 11.6. The molecule has 0 aliphatic carbocycles. The van der Waals surface area contributed by atoms with Gasteiger partial charge in [-0.2, -0.15) is 0 Å². The number of esters is 1. The van der Waals surface area contributed by atoms with E-state index in [1.165, 1.54) is 0 Å². The van der Waals surface area contributed by atoms with Gasteiger partial charge < -0.3 is 14.7 Å². The standard InChI is InChI=1S/C15H19Br2NO4/c1-9(2)22-15(19)13(18-20)5-4-6-21-14-11(16)7-10(3)8-12(14)17/h7-9,20H,4-6H2,1-3H3/b18-13-. The van der Waals surface area contributed by atoms with Crippen LogP contribution >= 0.6 is 31.9 Å². The molecule has 0 spiro atoms. The van der Waals surface area contributed by atoms with Crippen LogP contribution in [0.4, 0.5) is 0 Å². The topological polar surface area (TPSA) is 68.1 Å². The van der Waals surface area contributed by atoms with E-state index in [0.29, 0.717) is 18.8 Å². The van der Waals surface area contributed by atoms with Crippen molar-refractivity contribution in [3.8, 4) is 5.75 Å². The molecule has 0 aromatic heterocycles. The van der Waals surface area contributed by atoms with Crippen LogP contribution in [0.15, 0.2) is 26.2 Å². The van der Waals surface area contributed by atoms with Crippen LogP contribution in [0.3, 0.4) is 0 Å². The molecule has 5 nitrogen and oxygen atoms in total. The van der Waals surface area contributed by atoms with Crippen LogP contribution in [-0.4, -0.2) is 29.6 Å². The molecule has 1 N–H and O–H groups in total. The number of carbonyl (C=O) groups is 1. The van der Waals surface area contributed by atoms with Crippen molar-refractivity contribution < 1.29 is 19.5 Å². The van der Waals surface area contributed by atoms with Crippen LogP contribution in [0.1, 0.15) is 32.3 Å². The van der Waals surface area contributed by atoms with Crippen molar-refractivity contribution in [2.45, 2.75) is 39.7 Å². The molecule has 22 heavy (non-hydrogen) atoms. The summed E-state index contributed by atoms with van der Waals surface area (Å²) >= 11 is 6.90. The molecule has 0 aliphatic rings. The molecule has 1 aromatic carbocycles. The first kappa shape index (κ1) is 19.0. The van der Waals surface area contributed by atoms with Crippen molar-refractivity contribution >= 4 is 43.5 Å². The Kier molecular flexibility index (Phi) is 7.89. The molecule has 1 rings (SSSR count). The highest BCUT2D eigenvalue weighted by molar-refractivity contribution is 9.11. The van der Waals surface area contributed by atoms with Gasteiger partial charge in [-0.25, -0.2) is 4.79 Å². The number of oxime groups is 1. The largest absolute Gasteiger partial charge is 0.491 e. The SMILES string of the molecule is Cc1cc(Br)c(OCCC/C(=N/O)C(=O)OC(C)C)c(Br)c1. The summed E-state index contributed by atoms with van der Waals surface area (Å²) in [5.41, 5.74) is 1.11. The number of carbonyl (C=O) groups excluding carboxylic acids is 1. The second-order valence-electron chi connectivity index (χ2n) is 5.01. The number of ether oxygens (including phenoxy) is 2. The van der Waals surface area contributed by atoms with Crippen molar-refractivity contribution in [3.05, 3.63) is 26.6 Å². The summed E-state index contributed by atoms with van der Waals surface area (Å²) < 4.78 is 12.4. The normalized spacial score (nSPS) is 11.6. The average Bonchev–Trinajstić information content (AvgIpc) is 2.40. The van der Waals surface area contributed by atoms with Crippen molar-refractivity contribution in [2.75, 3.05) is 6.61 Å². The maximum atomic E-state index is 11.6. The summed E-state index contributed by atoms with van der Waals surface area (Å²) in [4.78, 5) is 11.6. The van der Waals surface area contributed by atoms with Crippen molar-refractivity contribution in [3.63, 3.8) is 0 Å². The lowest BCUT2D eigenvalue weighted by Crippen LogP contribution is -2.21. The second kappa shape index (κ2) is 9.15. The summed E-state index contributed by atoms with van der Waals surface area (Å²) in [5.74, 6) is 0.105. The van der Waals surface area contributed by atoms with Gasteiger partial charge in [0.25, 0.3) is 0 Å². The zero-order chi connectivity index (χ0) is 16.7. The summed E-state index contributed by atoms with van der Waals surface area (Å²) in [5, 5.41) is 11.9. The molecule has 0 radical (unpaired) electrons. The lowest BCUT2D eigenvalue weighted by Gasteiger charge is -2.12. The molecule has 0 fully saturated rings. The Bertz CT molecular complexity index is 535. The molecule has 0 atom stereocenters.